The first-order valence-electron chi connectivity index (χ1n) is 11.1. The zero-order valence-electron chi connectivity index (χ0n) is 17.8. The van der Waals surface area contributed by atoms with E-state index in [-0.39, 0.29) is 5.78 Å². The Labute approximate surface area is 181 Å². The van der Waals surface area contributed by atoms with E-state index < -0.39 is 0 Å². The highest BCUT2D eigenvalue weighted by Crippen LogP contribution is 2.31. The molecular weight excluding hydrogens is 386 g/mol. The number of H-pyrrole nitrogens is 1. The molecule has 4 aromatic rings. The number of Topliss-reactive ketones (excluding diaryl/α,β-unsaturated/α-hetero) is 1. The molecule has 0 spiro atoms. The van der Waals surface area contributed by atoms with Crippen LogP contribution in [-0.2, 0) is 0 Å². The minimum atomic E-state index is 0.00353. The predicted octanol–water partition coefficient (Wildman–Crippen LogP) is 4.88. The smallest absolute Gasteiger partial charge is 0.179 e. The Morgan fingerprint density at radius 1 is 1.00 bits per heavy atom. The van der Waals surface area contributed by atoms with Gasteiger partial charge in [0.2, 0.25) is 0 Å². The maximum Gasteiger partial charge on any atom is 0.179 e. The van der Waals surface area contributed by atoms with Crippen molar-refractivity contribution in [2.75, 3.05) is 31.5 Å². The van der Waals surface area contributed by atoms with Gasteiger partial charge in [-0.15, -0.1) is 0 Å². The summed E-state index contributed by atoms with van der Waals surface area (Å²) < 4.78 is 0. The Hall–Kier alpha value is -3.25. The Morgan fingerprint density at radius 3 is 2.55 bits per heavy atom. The standard InChI is InChI=1S/C25H27N5O/c1-17(31)22-18-9-3-5-11-20(18)27-23(22)25-28-21-12-6-4-10-19(21)24(29-25)26-13-16-30-14-7-2-8-15-30/h3-6,9-12,27H,2,7-8,13-16H2,1H3,(H,26,28,29). The number of aromatic nitrogens is 3. The van der Waals surface area contributed by atoms with Crippen LogP contribution in [0.4, 0.5) is 5.82 Å². The zero-order valence-corrected chi connectivity index (χ0v) is 17.8. The Bertz CT molecular complexity index is 1240. The van der Waals surface area contributed by atoms with E-state index in [1.807, 2.05) is 48.5 Å². The summed E-state index contributed by atoms with van der Waals surface area (Å²) in [4.78, 5) is 28.1. The number of nitrogens with one attached hydrogen (secondary N) is 2. The van der Waals surface area contributed by atoms with Gasteiger partial charge in [-0.3, -0.25) is 4.79 Å². The second-order valence-corrected chi connectivity index (χ2v) is 8.22. The normalized spacial score (nSPS) is 14.9. The number of para-hydroxylation sites is 2. The number of hydrogen-bond donors (Lipinski definition) is 2. The third-order valence-corrected chi connectivity index (χ3v) is 6.05. The highest BCUT2D eigenvalue weighted by molar-refractivity contribution is 6.12. The fourth-order valence-electron chi connectivity index (χ4n) is 4.51. The van der Waals surface area contributed by atoms with Gasteiger partial charge in [-0.25, -0.2) is 9.97 Å². The van der Waals surface area contributed by atoms with E-state index in [9.17, 15) is 4.79 Å². The first-order valence-corrected chi connectivity index (χ1v) is 11.1. The molecule has 6 heteroatoms. The van der Waals surface area contributed by atoms with Crippen LogP contribution in [0.5, 0.6) is 0 Å². The van der Waals surface area contributed by atoms with Crippen LogP contribution < -0.4 is 5.32 Å². The van der Waals surface area contributed by atoms with Crippen molar-refractivity contribution in [3.8, 4) is 11.5 Å². The van der Waals surface area contributed by atoms with Crippen LogP contribution in [0.3, 0.4) is 0 Å². The molecule has 5 rings (SSSR count). The fraction of sp³-hybridized carbons (Fsp3) is 0.320. The van der Waals surface area contributed by atoms with E-state index in [0.717, 1.165) is 40.7 Å². The molecule has 1 fully saturated rings. The summed E-state index contributed by atoms with van der Waals surface area (Å²) in [5.74, 6) is 1.36. The molecule has 0 bridgehead atoms. The van der Waals surface area contributed by atoms with Crippen molar-refractivity contribution in [2.24, 2.45) is 0 Å². The summed E-state index contributed by atoms with van der Waals surface area (Å²) in [5.41, 5.74) is 3.10. The first-order chi connectivity index (χ1) is 15.2. The lowest BCUT2D eigenvalue weighted by atomic mass is 10.1. The molecule has 6 nitrogen and oxygen atoms in total. The van der Waals surface area contributed by atoms with E-state index in [1.165, 1.54) is 32.4 Å². The molecule has 3 heterocycles. The molecule has 0 radical (unpaired) electrons. The minimum Gasteiger partial charge on any atom is -0.368 e. The molecule has 2 aromatic heterocycles. The number of likely N-dealkylation sites (tertiary alicyclic amines) is 1. The number of ketones is 1. The quantitative estimate of drug-likeness (QED) is 0.441. The third-order valence-electron chi connectivity index (χ3n) is 6.05. The number of piperidine rings is 1. The summed E-state index contributed by atoms with van der Waals surface area (Å²) in [7, 11) is 0. The van der Waals surface area contributed by atoms with Gasteiger partial charge in [-0.2, -0.15) is 0 Å². The number of fused-ring (bicyclic) bond motifs is 2. The highest BCUT2D eigenvalue weighted by atomic mass is 16.1. The molecule has 0 aliphatic carbocycles. The first kappa shape index (κ1) is 19.7. The van der Waals surface area contributed by atoms with Crippen molar-refractivity contribution in [1.82, 2.24) is 19.9 Å². The molecule has 0 atom stereocenters. The lowest BCUT2D eigenvalue weighted by Gasteiger charge is -2.26. The van der Waals surface area contributed by atoms with Gasteiger partial charge in [-0.1, -0.05) is 36.8 Å². The van der Waals surface area contributed by atoms with E-state index in [4.69, 9.17) is 9.97 Å². The lowest BCUT2D eigenvalue weighted by molar-refractivity contribution is 0.102. The van der Waals surface area contributed by atoms with Gasteiger partial charge < -0.3 is 15.2 Å². The maximum absolute atomic E-state index is 12.5. The summed E-state index contributed by atoms with van der Waals surface area (Å²) >= 11 is 0. The average molecular weight is 414 g/mol. The van der Waals surface area contributed by atoms with E-state index in [1.54, 1.807) is 6.92 Å². The minimum absolute atomic E-state index is 0.00353. The van der Waals surface area contributed by atoms with Crippen LogP contribution in [0.15, 0.2) is 48.5 Å². The van der Waals surface area contributed by atoms with Crippen LogP contribution in [0, 0.1) is 0 Å². The molecule has 2 N–H and O–H groups in total. The van der Waals surface area contributed by atoms with Crippen molar-refractivity contribution >= 4 is 33.4 Å². The molecule has 0 unspecified atom stereocenters. The van der Waals surface area contributed by atoms with Crippen molar-refractivity contribution in [3.05, 3.63) is 54.1 Å². The van der Waals surface area contributed by atoms with Gasteiger partial charge >= 0.3 is 0 Å². The van der Waals surface area contributed by atoms with Crippen LogP contribution in [0.2, 0.25) is 0 Å². The summed E-state index contributed by atoms with van der Waals surface area (Å²) in [6.07, 6.45) is 3.91. The molecule has 1 saturated heterocycles. The summed E-state index contributed by atoms with van der Waals surface area (Å²) in [5, 5.41) is 5.43. The fourth-order valence-corrected chi connectivity index (χ4v) is 4.51. The third kappa shape index (κ3) is 3.91. The second-order valence-electron chi connectivity index (χ2n) is 8.22. The van der Waals surface area contributed by atoms with Crippen molar-refractivity contribution < 1.29 is 4.79 Å². The predicted molar refractivity (Wildman–Crippen MR) is 126 cm³/mol. The number of anilines is 1. The van der Waals surface area contributed by atoms with Crippen LogP contribution >= 0.6 is 0 Å². The van der Waals surface area contributed by atoms with Gasteiger partial charge in [0.25, 0.3) is 0 Å². The van der Waals surface area contributed by atoms with Crippen molar-refractivity contribution in [2.45, 2.75) is 26.2 Å². The number of carbonyl (C=O) groups is 1. The van der Waals surface area contributed by atoms with Crippen LogP contribution in [0.1, 0.15) is 36.5 Å². The molecule has 1 aliphatic rings. The van der Waals surface area contributed by atoms with Gasteiger partial charge in [0.05, 0.1) is 16.8 Å². The SMILES string of the molecule is CC(=O)c1c(-c2nc(NCCN3CCCCC3)c3ccccc3n2)[nH]c2ccccc12. The molecular formula is C25H27N5O. The number of benzene rings is 2. The zero-order chi connectivity index (χ0) is 21.2. The Morgan fingerprint density at radius 2 is 1.74 bits per heavy atom. The molecule has 1 aliphatic heterocycles. The van der Waals surface area contributed by atoms with Gasteiger partial charge in [0.1, 0.15) is 5.82 Å². The maximum atomic E-state index is 12.5. The lowest BCUT2D eigenvalue weighted by Crippen LogP contribution is -2.33. The Balaban J connectivity index is 1.53. The van der Waals surface area contributed by atoms with Crippen molar-refractivity contribution in [3.63, 3.8) is 0 Å². The highest BCUT2D eigenvalue weighted by Gasteiger charge is 2.20. The monoisotopic (exact) mass is 413 g/mol. The largest absolute Gasteiger partial charge is 0.368 e. The van der Waals surface area contributed by atoms with Crippen molar-refractivity contribution in [1.29, 1.82) is 0 Å². The Kier molecular flexibility index (Phi) is 5.38. The number of aromatic amines is 1. The molecule has 0 amide bonds. The van der Waals surface area contributed by atoms with Crippen LogP contribution in [0.25, 0.3) is 33.3 Å². The van der Waals surface area contributed by atoms with Crippen LogP contribution in [-0.4, -0.2) is 51.8 Å². The topological polar surface area (TPSA) is 73.9 Å². The van der Waals surface area contributed by atoms with Gasteiger partial charge in [-0.05, 0) is 51.1 Å². The average Bonchev–Trinajstić information content (AvgIpc) is 3.20. The molecule has 158 valence electrons. The number of carbonyl (C=O) groups excluding carboxylic acids is 1. The second kappa shape index (κ2) is 8.47. The van der Waals surface area contributed by atoms with E-state index in [0.29, 0.717) is 17.1 Å². The molecule has 31 heavy (non-hydrogen) atoms. The van der Waals surface area contributed by atoms with E-state index >= 15 is 0 Å². The number of rotatable bonds is 6. The van der Waals surface area contributed by atoms with Gasteiger partial charge in [0, 0.05) is 29.4 Å². The molecule has 2 aromatic carbocycles. The number of hydrogen-bond acceptors (Lipinski definition) is 5. The summed E-state index contributed by atoms with van der Waals surface area (Å²) in [6, 6.07) is 15.9. The van der Waals surface area contributed by atoms with E-state index in [2.05, 4.69) is 15.2 Å². The summed E-state index contributed by atoms with van der Waals surface area (Å²) in [6.45, 7) is 5.77. The number of nitrogens with zero attached hydrogens (tertiary/aromatic N) is 3. The molecule has 0 saturated carbocycles. The van der Waals surface area contributed by atoms with Gasteiger partial charge in [0.15, 0.2) is 11.6 Å².